The van der Waals surface area contributed by atoms with Crippen LogP contribution in [0.3, 0.4) is 0 Å². The van der Waals surface area contributed by atoms with Crippen molar-refractivity contribution in [3.8, 4) is 0 Å². The molecule has 1 heterocycles. The number of aromatic nitrogens is 1. The van der Waals surface area contributed by atoms with Crippen molar-refractivity contribution < 1.29 is 5.11 Å². The van der Waals surface area contributed by atoms with Crippen LogP contribution in [0.25, 0.3) is 0 Å². The maximum Gasteiger partial charge on any atom is 0.0541 e. The van der Waals surface area contributed by atoms with Crippen LogP contribution in [0.4, 0.5) is 0 Å². The van der Waals surface area contributed by atoms with Crippen molar-refractivity contribution in [3.63, 3.8) is 0 Å². The first-order valence-electron chi connectivity index (χ1n) is 6.07. The van der Waals surface area contributed by atoms with Crippen molar-refractivity contribution in [2.45, 2.75) is 51.3 Å². The molecule has 2 rings (SSSR count). The first-order chi connectivity index (χ1) is 7.74. The molecule has 0 atom stereocenters. The number of nitrogens with zero attached hydrogens (tertiary/aromatic N) is 1. The van der Waals surface area contributed by atoms with Crippen LogP contribution < -0.4 is 5.32 Å². The standard InChI is InChI=1S/C13H20N2O/c1-10-2-3-11(8-14-10)9-15-12-4-6-13(16)7-5-12/h2-3,8,12-13,15-16H,4-7,9H2,1H3. The zero-order valence-electron chi connectivity index (χ0n) is 9.82. The quantitative estimate of drug-likeness (QED) is 0.816. The predicted octanol–water partition coefficient (Wildman–Crippen LogP) is 1.78. The molecule has 88 valence electrons. The number of aliphatic hydroxyl groups is 1. The van der Waals surface area contributed by atoms with Crippen LogP contribution in [0.2, 0.25) is 0 Å². The van der Waals surface area contributed by atoms with Gasteiger partial charge in [0.15, 0.2) is 0 Å². The van der Waals surface area contributed by atoms with Crippen molar-refractivity contribution >= 4 is 0 Å². The van der Waals surface area contributed by atoms with Gasteiger partial charge in [-0.15, -0.1) is 0 Å². The molecular formula is C13H20N2O. The largest absolute Gasteiger partial charge is 0.393 e. The van der Waals surface area contributed by atoms with E-state index in [-0.39, 0.29) is 6.10 Å². The molecule has 1 aliphatic rings. The third-order valence-corrected chi connectivity index (χ3v) is 3.26. The highest BCUT2D eigenvalue weighted by atomic mass is 16.3. The number of aliphatic hydroxyl groups excluding tert-OH is 1. The van der Waals surface area contributed by atoms with Crippen molar-refractivity contribution in [1.29, 1.82) is 0 Å². The molecule has 0 amide bonds. The van der Waals surface area contributed by atoms with E-state index in [1.165, 1.54) is 5.56 Å². The Kier molecular flexibility index (Phi) is 3.91. The lowest BCUT2D eigenvalue weighted by Crippen LogP contribution is -2.34. The molecule has 1 fully saturated rings. The third kappa shape index (κ3) is 3.29. The first-order valence-corrected chi connectivity index (χ1v) is 6.07. The molecule has 1 saturated carbocycles. The lowest BCUT2D eigenvalue weighted by molar-refractivity contribution is 0.116. The van der Waals surface area contributed by atoms with Gasteiger partial charge in [0.1, 0.15) is 0 Å². The monoisotopic (exact) mass is 220 g/mol. The van der Waals surface area contributed by atoms with Gasteiger partial charge in [-0.3, -0.25) is 4.98 Å². The minimum Gasteiger partial charge on any atom is -0.393 e. The van der Waals surface area contributed by atoms with Crippen LogP contribution in [0.1, 0.15) is 36.9 Å². The summed E-state index contributed by atoms with van der Waals surface area (Å²) in [4.78, 5) is 4.27. The third-order valence-electron chi connectivity index (χ3n) is 3.26. The van der Waals surface area contributed by atoms with Crippen molar-refractivity contribution in [2.75, 3.05) is 0 Å². The summed E-state index contributed by atoms with van der Waals surface area (Å²) < 4.78 is 0. The van der Waals surface area contributed by atoms with Crippen molar-refractivity contribution in [1.82, 2.24) is 10.3 Å². The van der Waals surface area contributed by atoms with Gasteiger partial charge >= 0.3 is 0 Å². The minimum atomic E-state index is -0.0703. The summed E-state index contributed by atoms with van der Waals surface area (Å²) in [5, 5.41) is 12.9. The zero-order chi connectivity index (χ0) is 11.4. The van der Waals surface area contributed by atoms with E-state index in [9.17, 15) is 5.11 Å². The highest BCUT2D eigenvalue weighted by molar-refractivity contribution is 5.12. The molecule has 2 N–H and O–H groups in total. The zero-order valence-corrected chi connectivity index (χ0v) is 9.82. The fraction of sp³-hybridized carbons (Fsp3) is 0.615. The lowest BCUT2D eigenvalue weighted by Gasteiger charge is -2.26. The number of pyridine rings is 1. The molecular weight excluding hydrogens is 200 g/mol. The van der Waals surface area contributed by atoms with Gasteiger partial charge in [-0.1, -0.05) is 6.07 Å². The fourth-order valence-corrected chi connectivity index (χ4v) is 2.15. The lowest BCUT2D eigenvalue weighted by atomic mass is 9.93. The van der Waals surface area contributed by atoms with Gasteiger partial charge in [-0.25, -0.2) is 0 Å². The maximum atomic E-state index is 9.40. The minimum absolute atomic E-state index is 0.0703. The summed E-state index contributed by atoms with van der Waals surface area (Å²) in [5.41, 5.74) is 2.29. The van der Waals surface area contributed by atoms with E-state index in [0.717, 1.165) is 37.9 Å². The van der Waals surface area contributed by atoms with E-state index in [1.54, 1.807) is 0 Å². The van der Waals surface area contributed by atoms with Crippen LogP contribution >= 0.6 is 0 Å². The fourth-order valence-electron chi connectivity index (χ4n) is 2.15. The molecule has 0 saturated heterocycles. The van der Waals surface area contributed by atoms with Crippen molar-refractivity contribution in [3.05, 3.63) is 29.6 Å². The topological polar surface area (TPSA) is 45.1 Å². The average molecular weight is 220 g/mol. The summed E-state index contributed by atoms with van der Waals surface area (Å²) in [5.74, 6) is 0. The van der Waals surface area contributed by atoms with Gasteiger partial charge in [0.05, 0.1) is 6.10 Å². The van der Waals surface area contributed by atoms with Crippen LogP contribution in [-0.4, -0.2) is 22.2 Å². The molecule has 16 heavy (non-hydrogen) atoms. The SMILES string of the molecule is Cc1ccc(CNC2CCC(O)CC2)cn1. The van der Waals surface area contributed by atoms with E-state index < -0.39 is 0 Å². The molecule has 1 aromatic heterocycles. The van der Waals surface area contributed by atoms with Crippen LogP contribution in [-0.2, 0) is 6.54 Å². The second-order valence-corrected chi connectivity index (χ2v) is 4.69. The first kappa shape index (κ1) is 11.6. The van der Waals surface area contributed by atoms with Gasteiger partial charge in [-0.05, 0) is 44.2 Å². The molecule has 3 heteroatoms. The Bertz CT molecular complexity index is 315. The molecule has 1 aliphatic carbocycles. The molecule has 0 aromatic carbocycles. The van der Waals surface area contributed by atoms with Crippen LogP contribution in [0.5, 0.6) is 0 Å². The highest BCUT2D eigenvalue weighted by Crippen LogP contribution is 2.18. The average Bonchev–Trinajstić information content (AvgIpc) is 2.30. The van der Waals surface area contributed by atoms with E-state index in [2.05, 4.69) is 16.4 Å². The van der Waals surface area contributed by atoms with Gasteiger partial charge in [-0.2, -0.15) is 0 Å². The number of hydrogen-bond donors (Lipinski definition) is 2. The Morgan fingerprint density at radius 1 is 1.31 bits per heavy atom. The Morgan fingerprint density at radius 3 is 2.69 bits per heavy atom. The van der Waals surface area contributed by atoms with E-state index in [1.807, 2.05) is 19.2 Å². The molecule has 0 unspecified atom stereocenters. The van der Waals surface area contributed by atoms with Crippen LogP contribution in [0.15, 0.2) is 18.3 Å². The number of rotatable bonds is 3. The van der Waals surface area contributed by atoms with Gasteiger partial charge in [0, 0.05) is 24.5 Å². The molecule has 0 radical (unpaired) electrons. The molecule has 0 aliphatic heterocycles. The number of nitrogens with one attached hydrogen (secondary N) is 1. The Balaban J connectivity index is 1.77. The maximum absolute atomic E-state index is 9.40. The smallest absolute Gasteiger partial charge is 0.0541 e. The number of aryl methyl sites for hydroxylation is 1. The normalized spacial score (nSPS) is 25.6. The van der Waals surface area contributed by atoms with E-state index in [4.69, 9.17) is 0 Å². The molecule has 1 aromatic rings. The molecule has 3 nitrogen and oxygen atoms in total. The van der Waals surface area contributed by atoms with Gasteiger partial charge in [0.25, 0.3) is 0 Å². The summed E-state index contributed by atoms with van der Waals surface area (Å²) in [6.45, 7) is 2.88. The Labute approximate surface area is 96.9 Å². The summed E-state index contributed by atoms with van der Waals surface area (Å²) in [7, 11) is 0. The Hall–Kier alpha value is -0.930. The van der Waals surface area contributed by atoms with Crippen LogP contribution in [0, 0.1) is 6.92 Å². The van der Waals surface area contributed by atoms with E-state index >= 15 is 0 Å². The second-order valence-electron chi connectivity index (χ2n) is 4.69. The molecule has 0 bridgehead atoms. The van der Waals surface area contributed by atoms with Crippen molar-refractivity contribution in [2.24, 2.45) is 0 Å². The highest BCUT2D eigenvalue weighted by Gasteiger charge is 2.18. The van der Waals surface area contributed by atoms with E-state index in [0.29, 0.717) is 6.04 Å². The number of hydrogen-bond acceptors (Lipinski definition) is 3. The Morgan fingerprint density at radius 2 is 2.06 bits per heavy atom. The van der Waals surface area contributed by atoms with Gasteiger partial charge < -0.3 is 10.4 Å². The molecule has 0 spiro atoms. The summed E-state index contributed by atoms with van der Waals surface area (Å²) >= 11 is 0. The van der Waals surface area contributed by atoms with Gasteiger partial charge in [0.2, 0.25) is 0 Å². The second kappa shape index (κ2) is 5.41. The summed E-state index contributed by atoms with van der Waals surface area (Å²) in [6.07, 6.45) is 5.90. The summed E-state index contributed by atoms with van der Waals surface area (Å²) in [6, 6.07) is 4.72. The predicted molar refractivity (Wildman–Crippen MR) is 64.1 cm³/mol.